The maximum absolute atomic E-state index is 12.0. The van der Waals surface area contributed by atoms with Crippen molar-refractivity contribution in [1.29, 1.82) is 0 Å². The number of hydrogen-bond donors (Lipinski definition) is 0. The maximum Gasteiger partial charge on any atom is 0.410 e. The van der Waals surface area contributed by atoms with Crippen molar-refractivity contribution in [2.75, 3.05) is 26.7 Å². The standard InChI is InChI=1S/C19H28N2O4/c1-19(2,3)25-18(23)21-12-16(13-21)10-11-20(4)17(22)24-14-15-8-6-5-7-9-15/h5-9,16H,10-14H2,1-4H3. The normalized spacial score (nSPS) is 14.6. The molecule has 6 nitrogen and oxygen atoms in total. The maximum atomic E-state index is 12.0. The fourth-order valence-corrected chi connectivity index (χ4v) is 2.53. The minimum Gasteiger partial charge on any atom is -0.445 e. The first-order chi connectivity index (χ1) is 11.7. The van der Waals surface area contributed by atoms with Gasteiger partial charge in [0.15, 0.2) is 0 Å². The van der Waals surface area contributed by atoms with Crippen LogP contribution in [0.1, 0.15) is 32.8 Å². The van der Waals surface area contributed by atoms with Gasteiger partial charge in [0.2, 0.25) is 0 Å². The van der Waals surface area contributed by atoms with Crippen LogP contribution >= 0.6 is 0 Å². The molecule has 2 amide bonds. The van der Waals surface area contributed by atoms with E-state index in [1.54, 1.807) is 16.8 Å². The van der Waals surface area contributed by atoms with Crippen LogP contribution in [0.3, 0.4) is 0 Å². The largest absolute Gasteiger partial charge is 0.445 e. The second kappa shape index (κ2) is 8.23. The van der Waals surface area contributed by atoms with Gasteiger partial charge in [0.1, 0.15) is 12.2 Å². The lowest BCUT2D eigenvalue weighted by Gasteiger charge is -2.40. The fraction of sp³-hybridized carbons (Fsp3) is 0.579. The van der Waals surface area contributed by atoms with E-state index in [1.165, 1.54) is 0 Å². The number of nitrogens with zero attached hydrogens (tertiary/aromatic N) is 2. The summed E-state index contributed by atoms with van der Waals surface area (Å²) >= 11 is 0. The topological polar surface area (TPSA) is 59.1 Å². The molecule has 0 aromatic heterocycles. The van der Waals surface area contributed by atoms with Crippen LogP contribution in [0.4, 0.5) is 9.59 Å². The van der Waals surface area contributed by atoms with E-state index >= 15 is 0 Å². The first-order valence-electron chi connectivity index (χ1n) is 8.64. The monoisotopic (exact) mass is 348 g/mol. The van der Waals surface area contributed by atoms with Gasteiger partial charge < -0.3 is 19.3 Å². The van der Waals surface area contributed by atoms with E-state index in [0.717, 1.165) is 12.0 Å². The molecule has 0 atom stereocenters. The van der Waals surface area contributed by atoms with Crippen molar-refractivity contribution in [2.24, 2.45) is 5.92 Å². The Balaban J connectivity index is 1.62. The van der Waals surface area contributed by atoms with Crippen molar-refractivity contribution in [3.05, 3.63) is 35.9 Å². The SMILES string of the molecule is CN(CCC1CN(C(=O)OC(C)(C)C)C1)C(=O)OCc1ccccc1. The van der Waals surface area contributed by atoms with Gasteiger partial charge in [-0.3, -0.25) is 0 Å². The molecule has 0 aliphatic carbocycles. The zero-order valence-corrected chi connectivity index (χ0v) is 15.5. The van der Waals surface area contributed by atoms with Crippen molar-refractivity contribution >= 4 is 12.2 Å². The Bertz CT molecular complexity index is 577. The Morgan fingerprint density at radius 1 is 1.20 bits per heavy atom. The third-order valence-electron chi connectivity index (χ3n) is 4.00. The van der Waals surface area contributed by atoms with Crippen LogP contribution in [-0.4, -0.2) is 54.3 Å². The van der Waals surface area contributed by atoms with Gasteiger partial charge >= 0.3 is 12.2 Å². The number of rotatable bonds is 5. The highest BCUT2D eigenvalue weighted by molar-refractivity contribution is 5.69. The average molecular weight is 348 g/mol. The molecule has 0 saturated carbocycles. The summed E-state index contributed by atoms with van der Waals surface area (Å²) in [6.07, 6.45) is 0.252. The molecule has 1 aromatic carbocycles. The second-order valence-corrected chi connectivity index (χ2v) is 7.50. The molecule has 25 heavy (non-hydrogen) atoms. The number of likely N-dealkylation sites (tertiary alicyclic amines) is 1. The molecule has 0 radical (unpaired) electrons. The molecule has 1 aliphatic heterocycles. The minimum absolute atomic E-state index is 0.264. The molecule has 0 spiro atoms. The highest BCUT2D eigenvalue weighted by Crippen LogP contribution is 2.22. The number of benzene rings is 1. The van der Waals surface area contributed by atoms with Crippen LogP contribution in [0, 0.1) is 5.92 Å². The number of carbonyl (C=O) groups is 2. The first-order valence-corrected chi connectivity index (χ1v) is 8.64. The minimum atomic E-state index is -0.467. The Hall–Kier alpha value is -2.24. The van der Waals surface area contributed by atoms with Crippen LogP contribution in [0.2, 0.25) is 0 Å². The lowest BCUT2D eigenvalue weighted by molar-refractivity contribution is -0.00331. The highest BCUT2D eigenvalue weighted by atomic mass is 16.6. The van der Waals surface area contributed by atoms with E-state index in [0.29, 0.717) is 25.6 Å². The summed E-state index contributed by atoms with van der Waals surface area (Å²) in [7, 11) is 1.73. The summed E-state index contributed by atoms with van der Waals surface area (Å²) < 4.78 is 10.6. The van der Waals surface area contributed by atoms with Crippen LogP contribution < -0.4 is 0 Å². The van der Waals surface area contributed by atoms with Gasteiger partial charge in [-0.2, -0.15) is 0 Å². The Labute approximate surface area is 149 Å². The van der Waals surface area contributed by atoms with Crippen molar-refractivity contribution in [3.63, 3.8) is 0 Å². The van der Waals surface area contributed by atoms with Crippen LogP contribution in [0.5, 0.6) is 0 Å². The fourth-order valence-electron chi connectivity index (χ4n) is 2.53. The molecule has 0 unspecified atom stereocenters. The zero-order valence-electron chi connectivity index (χ0n) is 15.5. The van der Waals surface area contributed by atoms with E-state index < -0.39 is 5.60 Å². The summed E-state index contributed by atoms with van der Waals surface area (Å²) in [4.78, 5) is 27.1. The van der Waals surface area contributed by atoms with Gasteiger partial charge in [0.05, 0.1) is 0 Å². The zero-order chi connectivity index (χ0) is 18.4. The van der Waals surface area contributed by atoms with E-state index in [1.807, 2.05) is 51.1 Å². The lowest BCUT2D eigenvalue weighted by atomic mass is 9.97. The van der Waals surface area contributed by atoms with Crippen molar-refractivity contribution < 1.29 is 19.1 Å². The molecule has 1 aromatic rings. The average Bonchev–Trinajstić information content (AvgIpc) is 2.50. The van der Waals surface area contributed by atoms with E-state index in [-0.39, 0.29) is 18.8 Å². The van der Waals surface area contributed by atoms with Crippen LogP contribution in [0.15, 0.2) is 30.3 Å². The van der Waals surface area contributed by atoms with Crippen LogP contribution in [0.25, 0.3) is 0 Å². The molecule has 1 fully saturated rings. The Morgan fingerprint density at radius 2 is 1.84 bits per heavy atom. The van der Waals surface area contributed by atoms with Crippen LogP contribution in [-0.2, 0) is 16.1 Å². The molecule has 1 heterocycles. The third kappa shape index (κ3) is 6.29. The molecule has 138 valence electrons. The van der Waals surface area contributed by atoms with Crippen molar-refractivity contribution in [2.45, 2.75) is 39.4 Å². The summed E-state index contributed by atoms with van der Waals surface area (Å²) in [6, 6.07) is 9.61. The smallest absolute Gasteiger partial charge is 0.410 e. The van der Waals surface area contributed by atoms with Crippen molar-refractivity contribution in [1.82, 2.24) is 9.80 Å². The quantitative estimate of drug-likeness (QED) is 0.817. The number of carbonyl (C=O) groups excluding carboxylic acids is 2. The number of hydrogen-bond acceptors (Lipinski definition) is 4. The third-order valence-corrected chi connectivity index (χ3v) is 4.00. The molecule has 0 bridgehead atoms. The summed E-state index contributed by atoms with van der Waals surface area (Å²) in [5.41, 5.74) is 0.501. The molecule has 2 rings (SSSR count). The van der Waals surface area contributed by atoms with Crippen molar-refractivity contribution in [3.8, 4) is 0 Å². The van der Waals surface area contributed by atoms with Gasteiger partial charge in [-0.15, -0.1) is 0 Å². The van der Waals surface area contributed by atoms with Gasteiger partial charge in [-0.05, 0) is 38.7 Å². The second-order valence-electron chi connectivity index (χ2n) is 7.50. The highest BCUT2D eigenvalue weighted by Gasteiger charge is 2.33. The van der Waals surface area contributed by atoms with Gasteiger partial charge in [0, 0.05) is 26.7 Å². The predicted octanol–water partition coefficient (Wildman–Crippen LogP) is 3.51. The van der Waals surface area contributed by atoms with E-state index in [2.05, 4.69) is 0 Å². The Morgan fingerprint density at radius 3 is 2.44 bits per heavy atom. The predicted molar refractivity (Wildman–Crippen MR) is 95.2 cm³/mol. The molecular weight excluding hydrogens is 320 g/mol. The Kier molecular flexibility index (Phi) is 6.28. The van der Waals surface area contributed by atoms with Gasteiger partial charge in [-0.1, -0.05) is 30.3 Å². The number of amides is 2. The molecule has 6 heteroatoms. The lowest BCUT2D eigenvalue weighted by Crippen LogP contribution is -2.52. The van der Waals surface area contributed by atoms with E-state index in [4.69, 9.17) is 9.47 Å². The summed E-state index contributed by atoms with van der Waals surface area (Å²) in [6.45, 7) is 7.83. The van der Waals surface area contributed by atoms with Gasteiger partial charge in [-0.25, -0.2) is 9.59 Å². The van der Waals surface area contributed by atoms with E-state index in [9.17, 15) is 9.59 Å². The number of ether oxygens (including phenoxy) is 2. The molecule has 1 saturated heterocycles. The first kappa shape index (κ1) is 19.1. The molecule has 1 aliphatic rings. The molecule has 0 N–H and O–H groups in total. The summed E-state index contributed by atoms with van der Waals surface area (Å²) in [5.74, 6) is 0.400. The summed E-state index contributed by atoms with van der Waals surface area (Å²) in [5, 5.41) is 0. The van der Waals surface area contributed by atoms with Gasteiger partial charge in [0.25, 0.3) is 0 Å². The molecular formula is C19H28N2O4.